The number of benzene rings is 1. The number of hydrogen-bond acceptors (Lipinski definition) is 0. The number of aryl methyl sites for hydroxylation is 2. The van der Waals surface area contributed by atoms with Gasteiger partial charge in [-0.25, -0.2) is 4.57 Å². The van der Waals surface area contributed by atoms with Gasteiger partial charge >= 0.3 is 0 Å². The molecule has 0 amide bonds. The van der Waals surface area contributed by atoms with E-state index in [2.05, 4.69) is 110 Å². The van der Waals surface area contributed by atoms with Crippen LogP contribution in [0.15, 0.2) is 36.5 Å². The predicted octanol–water partition coefficient (Wildman–Crippen LogP) is 6.11. The van der Waals surface area contributed by atoms with Gasteiger partial charge < -0.3 is 0 Å². The lowest BCUT2D eigenvalue weighted by molar-refractivity contribution is -0.661. The quantitative estimate of drug-likeness (QED) is 0.539. The minimum absolute atomic E-state index is 0.124. The minimum atomic E-state index is 0.124. The largest absolute Gasteiger partial charge is 0.212 e. The summed E-state index contributed by atoms with van der Waals surface area (Å²) in [7, 11) is 2.21. The molecule has 1 heteroatoms. The number of nitrogens with zero attached hydrogens (tertiary/aromatic N) is 1. The van der Waals surface area contributed by atoms with Crippen LogP contribution in [0.2, 0.25) is 0 Å². The Morgan fingerprint density at radius 1 is 0.704 bits per heavy atom. The molecule has 1 aromatic carbocycles. The molecule has 27 heavy (non-hydrogen) atoms. The Kier molecular flexibility index (Phi) is 3.36. The Morgan fingerprint density at radius 3 is 1.78 bits per heavy atom. The van der Waals surface area contributed by atoms with E-state index in [1.54, 1.807) is 11.1 Å². The van der Waals surface area contributed by atoms with Crippen LogP contribution in [-0.2, 0) is 17.9 Å². The molecule has 2 bridgehead atoms. The maximum Gasteiger partial charge on any atom is 0.212 e. The standard InChI is InChI=1S/C26H36N/c1-17-13-11-12-14-18(17)21-15-19-20(16-27(21)10)26(9)23(4,5)22(2,3)25(19,8)24(26,6)7/h11-16H,1-10H3/q+1. The lowest BCUT2D eigenvalue weighted by atomic mass is 9.50. The van der Waals surface area contributed by atoms with Crippen LogP contribution in [-0.4, -0.2) is 0 Å². The molecule has 2 atom stereocenters. The van der Waals surface area contributed by atoms with Crippen molar-refractivity contribution in [1.29, 1.82) is 0 Å². The highest BCUT2D eigenvalue weighted by atomic mass is 14.9. The summed E-state index contributed by atoms with van der Waals surface area (Å²) in [6, 6.07) is 11.3. The fraction of sp³-hybridized carbons (Fsp3) is 0.577. The van der Waals surface area contributed by atoms with Crippen molar-refractivity contribution in [2.45, 2.75) is 73.1 Å². The van der Waals surface area contributed by atoms with Gasteiger partial charge in [-0.3, -0.25) is 0 Å². The van der Waals surface area contributed by atoms with E-state index in [9.17, 15) is 0 Å². The number of fused-ring (bicyclic) bond motifs is 5. The summed E-state index contributed by atoms with van der Waals surface area (Å²) < 4.78 is 2.36. The topological polar surface area (TPSA) is 3.88 Å². The molecule has 2 aromatic rings. The Labute approximate surface area is 165 Å². The third kappa shape index (κ3) is 1.63. The summed E-state index contributed by atoms with van der Waals surface area (Å²) in [6.45, 7) is 22.3. The first-order valence-electron chi connectivity index (χ1n) is 10.4. The van der Waals surface area contributed by atoms with Crippen molar-refractivity contribution >= 4 is 0 Å². The Balaban J connectivity index is 2.11. The van der Waals surface area contributed by atoms with Crippen molar-refractivity contribution in [1.82, 2.24) is 0 Å². The molecule has 0 N–H and O–H groups in total. The first-order valence-corrected chi connectivity index (χ1v) is 10.4. The van der Waals surface area contributed by atoms with E-state index in [0.717, 1.165) is 0 Å². The second-order valence-corrected chi connectivity index (χ2v) is 11.0. The van der Waals surface area contributed by atoms with Gasteiger partial charge in [-0.05, 0) is 40.4 Å². The van der Waals surface area contributed by atoms with Crippen LogP contribution in [0.4, 0.5) is 0 Å². The fourth-order valence-corrected chi connectivity index (χ4v) is 7.25. The van der Waals surface area contributed by atoms with Crippen LogP contribution in [0.25, 0.3) is 11.3 Å². The van der Waals surface area contributed by atoms with Crippen LogP contribution < -0.4 is 4.57 Å². The molecule has 0 aliphatic heterocycles. The summed E-state index contributed by atoms with van der Waals surface area (Å²) in [5.41, 5.74) is 7.99. The van der Waals surface area contributed by atoms with Crippen molar-refractivity contribution in [2.24, 2.45) is 23.3 Å². The zero-order valence-electron chi connectivity index (χ0n) is 18.9. The van der Waals surface area contributed by atoms with Crippen molar-refractivity contribution in [3.8, 4) is 11.3 Å². The van der Waals surface area contributed by atoms with Gasteiger partial charge in [0.1, 0.15) is 7.05 Å². The molecule has 144 valence electrons. The van der Waals surface area contributed by atoms with E-state index >= 15 is 0 Å². The second kappa shape index (κ2) is 4.85. The van der Waals surface area contributed by atoms with E-state index in [0.29, 0.717) is 0 Å². The molecule has 0 saturated heterocycles. The van der Waals surface area contributed by atoms with Crippen molar-refractivity contribution in [3.05, 3.63) is 53.2 Å². The van der Waals surface area contributed by atoms with Gasteiger partial charge in [-0.15, -0.1) is 0 Å². The predicted molar refractivity (Wildman–Crippen MR) is 114 cm³/mol. The van der Waals surface area contributed by atoms with E-state index in [1.807, 2.05) is 0 Å². The van der Waals surface area contributed by atoms with Gasteiger partial charge in [-0.2, -0.15) is 0 Å². The zero-order valence-corrected chi connectivity index (χ0v) is 18.9. The maximum absolute atomic E-state index is 2.54. The van der Waals surface area contributed by atoms with Crippen LogP contribution in [0, 0.1) is 23.2 Å². The van der Waals surface area contributed by atoms with Crippen molar-refractivity contribution in [3.63, 3.8) is 0 Å². The maximum atomic E-state index is 2.54. The van der Waals surface area contributed by atoms with E-state index < -0.39 is 0 Å². The molecular weight excluding hydrogens is 326 g/mol. The van der Waals surface area contributed by atoms with E-state index in [-0.39, 0.29) is 27.1 Å². The van der Waals surface area contributed by atoms with Crippen LogP contribution in [0.1, 0.15) is 72.1 Å². The highest BCUT2D eigenvalue weighted by molar-refractivity contribution is 5.65. The molecule has 1 saturated carbocycles. The monoisotopic (exact) mass is 362 g/mol. The van der Waals surface area contributed by atoms with E-state index in [4.69, 9.17) is 0 Å². The molecule has 0 spiro atoms. The molecule has 1 heterocycles. The molecule has 1 fully saturated rings. The van der Waals surface area contributed by atoms with Gasteiger partial charge in [-0.1, -0.05) is 73.6 Å². The van der Waals surface area contributed by atoms with Gasteiger partial charge in [0.25, 0.3) is 0 Å². The number of rotatable bonds is 1. The highest BCUT2D eigenvalue weighted by Gasteiger charge is 2.81. The van der Waals surface area contributed by atoms with Crippen molar-refractivity contribution in [2.75, 3.05) is 0 Å². The van der Waals surface area contributed by atoms with Gasteiger partial charge in [0, 0.05) is 28.0 Å². The molecular formula is C26H36N+. The average molecular weight is 363 g/mol. The SMILES string of the molecule is Cc1ccccc1-c1cc2c(c[n+]1C)C1(C)C(C)(C)C(C)(C)C2(C)C1(C)C. The summed E-state index contributed by atoms with van der Waals surface area (Å²) in [5, 5.41) is 0. The Hall–Kier alpha value is -1.63. The summed E-state index contributed by atoms with van der Waals surface area (Å²) in [5.74, 6) is 0. The first kappa shape index (κ1) is 18.7. The second-order valence-electron chi connectivity index (χ2n) is 11.0. The van der Waals surface area contributed by atoms with Gasteiger partial charge in [0.05, 0.1) is 0 Å². The smallest absolute Gasteiger partial charge is 0.201 e. The lowest BCUT2D eigenvalue weighted by Gasteiger charge is -2.53. The molecule has 1 nitrogen and oxygen atoms in total. The fourth-order valence-electron chi connectivity index (χ4n) is 7.25. The molecule has 1 aromatic heterocycles. The molecule has 0 radical (unpaired) electrons. The number of pyridine rings is 1. The first-order chi connectivity index (χ1) is 12.3. The van der Waals surface area contributed by atoms with Crippen LogP contribution >= 0.6 is 0 Å². The van der Waals surface area contributed by atoms with Gasteiger partial charge in [0.15, 0.2) is 6.20 Å². The minimum Gasteiger partial charge on any atom is -0.201 e. The van der Waals surface area contributed by atoms with Crippen LogP contribution in [0.3, 0.4) is 0 Å². The van der Waals surface area contributed by atoms with Crippen molar-refractivity contribution < 1.29 is 4.57 Å². The third-order valence-electron chi connectivity index (χ3n) is 10.3. The van der Waals surface area contributed by atoms with E-state index in [1.165, 1.54) is 16.8 Å². The number of aromatic nitrogens is 1. The Bertz CT molecular complexity index is 962. The summed E-state index contributed by atoms with van der Waals surface area (Å²) in [6.07, 6.45) is 2.45. The lowest BCUT2D eigenvalue weighted by Crippen LogP contribution is -2.51. The third-order valence-corrected chi connectivity index (χ3v) is 10.3. The molecule has 4 rings (SSSR count). The van der Waals surface area contributed by atoms with Crippen LogP contribution in [0.5, 0.6) is 0 Å². The highest BCUT2D eigenvalue weighted by Crippen LogP contribution is 2.83. The Morgan fingerprint density at radius 2 is 1.22 bits per heavy atom. The summed E-state index contributed by atoms with van der Waals surface area (Å²) in [4.78, 5) is 0. The molecule has 2 aliphatic carbocycles. The zero-order chi connectivity index (χ0) is 20.2. The normalized spacial score (nSPS) is 31.8. The number of hydrogen-bond donors (Lipinski definition) is 0. The average Bonchev–Trinajstić information content (AvgIpc) is 2.75. The summed E-state index contributed by atoms with van der Waals surface area (Å²) >= 11 is 0. The molecule has 2 aliphatic rings. The molecule has 2 unspecified atom stereocenters. The van der Waals surface area contributed by atoms with Gasteiger partial charge in [0.2, 0.25) is 5.69 Å².